The minimum absolute atomic E-state index is 0.0000333. The molecular weight excluding hydrogens is 369 g/mol. The largest absolute Gasteiger partial charge is 0.352 e. The molecule has 0 aromatic heterocycles. The van der Waals surface area contributed by atoms with E-state index in [9.17, 15) is 17.6 Å². The van der Waals surface area contributed by atoms with Gasteiger partial charge in [0, 0.05) is 32.2 Å². The molecule has 0 bridgehead atoms. The molecule has 3 rings (SSSR count). The number of carbonyl (C=O) groups excluding carboxylic acids is 1. The highest BCUT2D eigenvalue weighted by Crippen LogP contribution is 2.23. The smallest absolute Gasteiger partial charge is 0.246 e. The van der Waals surface area contributed by atoms with E-state index in [1.165, 1.54) is 22.5 Å². The number of carbonyl (C=O) groups is 1. The maximum Gasteiger partial charge on any atom is 0.246 e. The second kappa shape index (κ2) is 8.67. The minimum Gasteiger partial charge on any atom is -0.352 e. The fourth-order valence-electron chi connectivity index (χ4n) is 3.80. The Labute approximate surface area is 160 Å². The topological polar surface area (TPSA) is 69.7 Å². The molecular formula is C19H28FN3O3S. The van der Waals surface area contributed by atoms with Crippen LogP contribution in [0, 0.1) is 11.7 Å². The molecule has 0 spiro atoms. The number of nitrogens with one attached hydrogen (secondary N) is 1. The van der Waals surface area contributed by atoms with Crippen molar-refractivity contribution in [2.24, 2.45) is 5.92 Å². The summed E-state index contributed by atoms with van der Waals surface area (Å²) in [6.07, 6.45) is 4.36. The summed E-state index contributed by atoms with van der Waals surface area (Å²) in [6, 6.07) is 5.69. The standard InChI is InChI=1S/C19H28FN3O3S/c1-15-6-8-16(9-7-15)21-19(24)14-22-10-12-23(13-11-22)27(25,26)18-5-3-2-4-17(18)20/h2-5,15-16H,6-14H2,1H3,(H,21,24). The zero-order valence-electron chi connectivity index (χ0n) is 15.7. The molecule has 1 saturated carbocycles. The van der Waals surface area contributed by atoms with Gasteiger partial charge in [-0.1, -0.05) is 19.1 Å². The molecule has 1 heterocycles. The Morgan fingerprint density at radius 2 is 1.74 bits per heavy atom. The Bertz CT molecular complexity index is 755. The fraction of sp³-hybridized carbons (Fsp3) is 0.632. The predicted molar refractivity (Wildman–Crippen MR) is 101 cm³/mol. The van der Waals surface area contributed by atoms with Crippen LogP contribution in [0.5, 0.6) is 0 Å². The number of hydrogen-bond donors (Lipinski definition) is 1. The molecule has 0 unspecified atom stereocenters. The van der Waals surface area contributed by atoms with Gasteiger partial charge in [-0.05, 0) is 43.7 Å². The third-order valence-electron chi connectivity index (χ3n) is 5.53. The van der Waals surface area contributed by atoms with Crippen molar-refractivity contribution < 1.29 is 17.6 Å². The van der Waals surface area contributed by atoms with Crippen LogP contribution < -0.4 is 5.32 Å². The van der Waals surface area contributed by atoms with Crippen LogP contribution in [0.2, 0.25) is 0 Å². The molecule has 8 heteroatoms. The van der Waals surface area contributed by atoms with Crippen molar-refractivity contribution in [3.63, 3.8) is 0 Å². The number of halogens is 1. The maximum absolute atomic E-state index is 13.9. The average molecular weight is 398 g/mol. The van der Waals surface area contributed by atoms with Gasteiger partial charge in [-0.15, -0.1) is 0 Å². The first-order valence-electron chi connectivity index (χ1n) is 9.62. The van der Waals surface area contributed by atoms with E-state index in [0.29, 0.717) is 13.1 Å². The molecule has 6 nitrogen and oxygen atoms in total. The van der Waals surface area contributed by atoms with Gasteiger partial charge in [0.1, 0.15) is 10.7 Å². The van der Waals surface area contributed by atoms with Crippen LogP contribution in [-0.4, -0.2) is 62.3 Å². The van der Waals surface area contributed by atoms with Crippen molar-refractivity contribution in [2.45, 2.75) is 43.5 Å². The van der Waals surface area contributed by atoms with E-state index < -0.39 is 15.8 Å². The van der Waals surface area contributed by atoms with E-state index in [1.807, 2.05) is 4.90 Å². The normalized spacial score (nSPS) is 25.3. The van der Waals surface area contributed by atoms with Gasteiger partial charge in [0.05, 0.1) is 6.54 Å². The summed E-state index contributed by atoms with van der Waals surface area (Å²) >= 11 is 0. The molecule has 1 amide bonds. The van der Waals surface area contributed by atoms with Gasteiger partial charge in [0.2, 0.25) is 15.9 Å². The third kappa shape index (κ3) is 5.06. The van der Waals surface area contributed by atoms with Crippen molar-refractivity contribution in [3.8, 4) is 0 Å². The predicted octanol–water partition coefficient (Wildman–Crippen LogP) is 1.83. The zero-order valence-corrected chi connectivity index (χ0v) is 16.5. The molecule has 2 fully saturated rings. The Morgan fingerprint density at radius 1 is 1.11 bits per heavy atom. The Balaban J connectivity index is 1.49. The van der Waals surface area contributed by atoms with E-state index in [0.717, 1.165) is 37.7 Å². The summed E-state index contributed by atoms with van der Waals surface area (Å²) < 4.78 is 40.4. The van der Waals surface area contributed by atoms with Crippen molar-refractivity contribution in [1.29, 1.82) is 0 Å². The maximum atomic E-state index is 13.9. The van der Waals surface area contributed by atoms with E-state index in [2.05, 4.69) is 12.2 Å². The van der Waals surface area contributed by atoms with Crippen molar-refractivity contribution in [2.75, 3.05) is 32.7 Å². The van der Waals surface area contributed by atoms with Crippen molar-refractivity contribution >= 4 is 15.9 Å². The molecule has 0 radical (unpaired) electrons. The van der Waals surface area contributed by atoms with E-state index in [-0.39, 0.29) is 36.5 Å². The molecule has 1 N–H and O–H groups in total. The number of sulfonamides is 1. The van der Waals surface area contributed by atoms with E-state index >= 15 is 0 Å². The highest BCUT2D eigenvalue weighted by Gasteiger charge is 2.31. The van der Waals surface area contributed by atoms with Gasteiger partial charge in [-0.25, -0.2) is 12.8 Å². The zero-order chi connectivity index (χ0) is 19.4. The fourth-order valence-corrected chi connectivity index (χ4v) is 5.29. The quantitative estimate of drug-likeness (QED) is 0.823. The van der Waals surface area contributed by atoms with Crippen LogP contribution in [-0.2, 0) is 14.8 Å². The highest BCUT2D eigenvalue weighted by molar-refractivity contribution is 7.89. The summed E-state index contributed by atoms with van der Waals surface area (Å²) in [6.45, 7) is 3.95. The molecule has 1 aromatic rings. The third-order valence-corrected chi connectivity index (χ3v) is 7.47. The van der Waals surface area contributed by atoms with E-state index in [1.54, 1.807) is 0 Å². The lowest BCUT2D eigenvalue weighted by Gasteiger charge is -2.34. The molecule has 0 atom stereocenters. The van der Waals surface area contributed by atoms with Gasteiger partial charge < -0.3 is 5.32 Å². The van der Waals surface area contributed by atoms with Crippen LogP contribution in [0.15, 0.2) is 29.2 Å². The average Bonchev–Trinajstić information content (AvgIpc) is 2.64. The van der Waals surface area contributed by atoms with E-state index in [4.69, 9.17) is 0 Å². The van der Waals surface area contributed by atoms with Crippen LogP contribution in [0.4, 0.5) is 4.39 Å². The molecule has 1 saturated heterocycles. The van der Waals surface area contributed by atoms with Gasteiger partial charge in [-0.2, -0.15) is 4.31 Å². The number of benzene rings is 1. The highest BCUT2D eigenvalue weighted by atomic mass is 32.2. The SMILES string of the molecule is CC1CCC(NC(=O)CN2CCN(S(=O)(=O)c3ccccc3F)CC2)CC1. The van der Waals surface area contributed by atoms with Crippen LogP contribution in [0.25, 0.3) is 0 Å². The minimum atomic E-state index is -3.84. The van der Waals surface area contributed by atoms with Crippen LogP contribution in [0.3, 0.4) is 0 Å². The van der Waals surface area contributed by atoms with Gasteiger partial charge in [0.15, 0.2) is 0 Å². The first-order chi connectivity index (χ1) is 12.9. The Morgan fingerprint density at radius 3 is 2.37 bits per heavy atom. The van der Waals surface area contributed by atoms with Crippen LogP contribution >= 0.6 is 0 Å². The number of nitrogens with zero attached hydrogens (tertiary/aromatic N) is 2. The van der Waals surface area contributed by atoms with Gasteiger partial charge in [0.25, 0.3) is 0 Å². The monoisotopic (exact) mass is 397 g/mol. The summed E-state index contributed by atoms with van der Waals surface area (Å²) in [5, 5.41) is 3.10. The second-order valence-corrected chi connectivity index (χ2v) is 9.54. The Kier molecular flexibility index (Phi) is 6.49. The molecule has 1 aliphatic carbocycles. The first kappa shape index (κ1) is 20.2. The first-order valence-corrected chi connectivity index (χ1v) is 11.1. The van der Waals surface area contributed by atoms with Crippen molar-refractivity contribution in [3.05, 3.63) is 30.1 Å². The summed E-state index contributed by atoms with van der Waals surface area (Å²) in [4.78, 5) is 13.9. The summed E-state index contributed by atoms with van der Waals surface area (Å²) in [7, 11) is -3.84. The molecule has 1 aromatic carbocycles. The molecule has 2 aliphatic rings. The number of rotatable bonds is 5. The lowest BCUT2D eigenvalue weighted by Crippen LogP contribution is -2.52. The number of hydrogen-bond acceptors (Lipinski definition) is 4. The van der Waals surface area contributed by atoms with Crippen LogP contribution in [0.1, 0.15) is 32.6 Å². The molecule has 1 aliphatic heterocycles. The summed E-state index contributed by atoms with van der Waals surface area (Å²) in [5.41, 5.74) is 0. The summed E-state index contributed by atoms with van der Waals surface area (Å²) in [5.74, 6) is 0.00343. The molecule has 150 valence electrons. The second-order valence-electron chi connectivity index (χ2n) is 7.63. The lowest BCUT2D eigenvalue weighted by molar-refractivity contribution is -0.123. The van der Waals surface area contributed by atoms with Gasteiger partial charge >= 0.3 is 0 Å². The number of amides is 1. The number of piperazine rings is 1. The molecule has 27 heavy (non-hydrogen) atoms. The lowest BCUT2D eigenvalue weighted by atomic mass is 9.87. The van der Waals surface area contributed by atoms with Crippen molar-refractivity contribution in [1.82, 2.24) is 14.5 Å². The Hall–Kier alpha value is -1.51. The van der Waals surface area contributed by atoms with Gasteiger partial charge in [-0.3, -0.25) is 9.69 Å².